The molecule has 0 aliphatic heterocycles. The molecule has 0 bridgehead atoms. The standard InChI is InChI=1S/C10H12ClN5/c11-3-1-2-9-7-16(15-14-9)8-10-6-12-4-5-13-10/h4-7H,1-3,8H2. The van der Waals surface area contributed by atoms with Gasteiger partial charge in [0.05, 0.1) is 24.1 Å². The van der Waals surface area contributed by atoms with Gasteiger partial charge in [-0.25, -0.2) is 4.68 Å². The molecule has 0 aromatic carbocycles. The van der Waals surface area contributed by atoms with Crippen molar-refractivity contribution in [3.63, 3.8) is 0 Å². The largest absolute Gasteiger partial charge is 0.261 e. The van der Waals surface area contributed by atoms with Crippen LogP contribution in [0.2, 0.25) is 0 Å². The van der Waals surface area contributed by atoms with Crippen LogP contribution in [-0.4, -0.2) is 30.8 Å². The van der Waals surface area contributed by atoms with E-state index in [4.69, 9.17) is 11.6 Å². The van der Waals surface area contributed by atoms with E-state index in [1.54, 1.807) is 23.3 Å². The number of aromatic nitrogens is 5. The highest BCUT2D eigenvalue weighted by atomic mass is 35.5. The van der Waals surface area contributed by atoms with Gasteiger partial charge in [-0.2, -0.15) is 0 Å². The minimum atomic E-state index is 0.599. The van der Waals surface area contributed by atoms with Crippen LogP contribution in [-0.2, 0) is 13.0 Å². The quantitative estimate of drug-likeness (QED) is 0.736. The second-order valence-corrected chi connectivity index (χ2v) is 3.77. The van der Waals surface area contributed by atoms with Crippen molar-refractivity contribution in [2.75, 3.05) is 5.88 Å². The van der Waals surface area contributed by atoms with Gasteiger partial charge in [0.1, 0.15) is 0 Å². The lowest BCUT2D eigenvalue weighted by atomic mass is 10.3. The molecule has 6 heteroatoms. The molecule has 0 radical (unpaired) electrons. The normalized spacial score (nSPS) is 10.6. The zero-order chi connectivity index (χ0) is 11.2. The summed E-state index contributed by atoms with van der Waals surface area (Å²) in [5, 5.41) is 8.08. The topological polar surface area (TPSA) is 56.5 Å². The van der Waals surface area contributed by atoms with E-state index in [2.05, 4.69) is 20.3 Å². The minimum Gasteiger partial charge on any atom is -0.261 e. The van der Waals surface area contributed by atoms with E-state index in [1.807, 2.05) is 6.20 Å². The maximum Gasteiger partial charge on any atom is 0.0864 e. The Bertz CT molecular complexity index is 428. The van der Waals surface area contributed by atoms with Gasteiger partial charge in [0, 0.05) is 24.5 Å². The van der Waals surface area contributed by atoms with Crippen molar-refractivity contribution in [2.45, 2.75) is 19.4 Å². The molecule has 2 aromatic rings. The molecule has 0 aliphatic rings. The first-order valence-electron chi connectivity index (χ1n) is 5.08. The molecule has 0 saturated heterocycles. The molecule has 2 heterocycles. The van der Waals surface area contributed by atoms with Crippen LogP contribution in [0.4, 0.5) is 0 Å². The molecule has 16 heavy (non-hydrogen) atoms. The first-order valence-corrected chi connectivity index (χ1v) is 5.62. The van der Waals surface area contributed by atoms with Gasteiger partial charge in [0.2, 0.25) is 0 Å². The lowest BCUT2D eigenvalue weighted by Crippen LogP contribution is -2.02. The fourth-order valence-corrected chi connectivity index (χ4v) is 1.49. The summed E-state index contributed by atoms with van der Waals surface area (Å²) < 4.78 is 1.76. The van der Waals surface area contributed by atoms with Gasteiger partial charge in [-0.1, -0.05) is 5.21 Å². The van der Waals surface area contributed by atoms with Crippen LogP contribution in [0, 0.1) is 0 Å². The molecular weight excluding hydrogens is 226 g/mol. The Balaban J connectivity index is 1.97. The van der Waals surface area contributed by atoms with Crippen LogP contribution in [0.3, 0.4) is 0 Å². The summed E-state index contributed by atoms with van der Waals surface area (Å²) in [4.78, 5) is 8.17. The van der Waals surface area contributed by atoms with Gasteiger partial charge in [0.15, 0.2) is 0 Å². The third-order valence-electron chi connectivity index (χ3n) is 2.09. The first-order chi connectivity index (χ1) is 7.88. The van der Waals surface area contributed by atoms with Gasteiger partial charge >= 0.3 is 0 Å². The Labute approximate surface area is 98.5 Å². The number of halogens is 1. The maximum absolute atomic E-state index is 5.61. The number of hydrogen-bond acceptors (Lipinski definition) is 4. The molecule has 0 aliphatic carbocycles. The summed E-state index contributed by atoms with van der Waals surface area (Å²) in [5.41, 5.74) is 1.83. The SMILES string of the molecule is ClCCCc1cn(Cc2cnccn2)nn1. The average Bonchev–Trinajstić information content (AvgIpc) is 2.75. The smallest absolute Gasteiger partial charge is 0.0864 e. The van der Waals surface area contributed by atoms with Crippen molar-refractivity contribution < 1.29 is 0 Å². The minimum absolute atomic E-state index is 0.599. The predicted molar refractivity (Wildman–Crippen MR) is 60.2 cm³/mol. The Kier molecular flexibility index (Phi) is 3.82. The van der Waals surface area contributed by atoms with Crippen molar-refractivity contribution in [3.8, 4) is 0 Å². The maximum atomic E-state index is 5.61. The molecular formula is C10H12ClN5. The highest BCUT2D eigenvalue weighted by Crippen LogP contribution is 2.01. The molecule has 0 unspecified atom stereocenters. The van der Waals surface area contributed by atoms with Gasteiger partial charge in [-0.05, 0) is 12.8 Å². The van der Waals surface area contributed by atoms with Gasteiger partial charge in [-0.3, -0.25) is 9.97 Å². The first kappa shape index (κ1) is 11.0. The van der Waals surface area contributed by atoms with E-state index in [0.717, 1.165) is 24.2 Å². The Morgan fingerprint density at radius 3 is 2.94 bits per heavy atom. The Morgan fingerprint density at radius 2 is 2.19 bits per heavy atom. The zero-order valence-electron chi connectivity index (χ0n) is 8.75. The fourth-order valence-electron chi connectivity index (χ4n) is 1.36. The van der Waals surface area contributed by atoms with E-state index in [-0.39, 0.29) is 0 Å². The highest BCUT2D eigenvalue weighted by molar-refractivity contribution is 6.17. The van der Waals surface area contributed by atoms with Crippen LogP contribution in [0.15, 0.2) is 24.8 Å². The number of alkyl halides is 1. The Hall–Kier alpha value is -1.49. The molecule has 84 valence electrons. The molecule has 2 aromatic heterocycles. The second kappa shape index (κ2) is 5.55. The third-order valence-corrected chi connectivity index (χ3v) is 2.36. The summed E-state index contributed by atoms with van der Waals surface area (Å²) in [6.45, 7) is 0.599. The van der Waals surface area contributed by atoms with Crippen molar-refractivity contribution in [1.82, 2.24) is 25.0 Å². The predicted octanol–water partition coefficient (Wildman–Crippen LogP) is 1.29. The number of nitrogens with zero attached hydrogens (tertiary/aromatic N) is 5. The molecule has 0 atom stereocenters. The van der Waals surface area contributed by atoms with Crippen molar-refractivity contribution in [2.24, 2.45) is 0 Å². The van der Waals surface area contributed by atoms with Gasteiger partial charge < -0.3 is 0 Å². The van der Waals surface area contributed by atoms with E-state index < -0.39 is 0 Å². The summed E-state index contributed by atoms with van der Waals surface area (Å²) >= 11 is 5.61. The summed E-state index contributed by atoms with van der Waals surface area (Å²) in [7, 11) is 0. The van der Waals surface area contributed by atoms with Gasteiger partial charge in [-0.15, -0.1) is 16.7 Å². The van der Waals surface area contributed by atoms with E-state index >= 15 is 0 Å². The lowest BCUT2D eigenvalue weighted by Gasteiger charge is -1.97. The molecule has 0 spiro atoms. The molecule has 0 fully saturated rings. The Morgan fingerprint density at radius 1 is 1.25 bits per heavy atom. The molecule has 5 nitrogen and oxygen atoms in total. The fraction of sp³-hybridized carbons (Fsp3) is 0.400. The van der Waals surface area contributed by atoms with Crippen LogP contribution in [0.5, 0.6) is 0 Å². The van der Waals surface area contributed by atoms with Crippen LogP contribution in [0.1, 0.15) is 17.8 Å². The molecule has 0 N–H and O–H groups in total. The number of hydrogen-bond donors (Lipinski definition) is 0. The zero-order valence-corrected chi connectivity index (χ0v) is 9.51. The highest BCUT2D eigenvalue weighted by Gasteiger charge is 2.01. The van der Waals surface area contributed by atoms with Crippen LogP contribution < -0.4 is 0 Å². The lowest BCUT2D eigenvalue weighted by molar-refractivity contribution is 0.636. The van der Waals surface area contributed by atoms with Gasteiger partial charge in [0.25, 0.3) is 0 Å². The number of rotatable bonds is 5. The second-order valence-electron chi connectivity index (χ2n) is 3.40. The molecule has 0 saturated carbocycles. The summed E-state index contributed by atoms with van der Waals surface area (Å²) in [6.07, 6.45) is 8.74. The third kappa shape index (κ3) is 3.00. The van der Waals surface area contributed by atoms with Crippen LogP contribution >= 0.6 is 11.6 Å². The molecule has 0 amide bonds. The van der Waals surface area contributed by atoms with E-state index in [0.29, 0.717) is 12.4 Å². The van der Waals surface area contributed by atoms with Crippen LogP contribution in [0.25, 0.3) is 0 Å². The molecule has 2 rings (SSSR count). The van der Waals surface area contributed by atoms with Crippen molar-refractivity contribution in [3.05, 3.63) is 36.2 Å². The monoisotopic (exact) mass is 237 g/mol. The average molecular weight is 238 g/mol. The van der Waals surface area contributed by atoms with Crippen molar-refractivity contribution >= 4 is 11.6 Å². The summed E-state index contributed by atoms with van der Waals surface area (Å²) in [6, 6.07) is 0. The summed E-state index contributed by atoms with van der Waals surface area (Å²) in [5.74, 6) is 0.650. The number of aryl methyl sites for hydroxylation is 1. The van der Waals surface area contributed by atoms with E-state index in [9.17, 15) is 0 Å². The van der Waals surface area contributed by atoms with E-state index in [1.165, 1.54) is 0 Å². The van der Waals surface area contributed by atoms with Crippen molar-refractivity contribution in [1.29, 1.82) is 0 Å².